The highest BCUT2D eigenvalue weighted by Crippen LogP contribution is 2.26. The summed E-state index contributed by atoms with van der Waals surface area (Å²) in [4.78, 5) is 20.8. The van der Waals surface area contributed by atoms with Crippen LogP contribution in [0.3, 0.4) is 0 Å². The second-order valence-corrected chi connectivity index (χ2v) is 4.09. The summed E-state index contributed by atoms with van der Waals surface area (Å²) in [5.74, 6) is 0.686. The molecule has 0 atom stereocenters. The van der Waals surface area contributed by atoms with Crippen LogP contribution in [0.4, 0.5) is 5.82 Å². The third-order valence-corrected chi connectivity index (χ3v) is 2.57. The summed E-state index contributed by atoms with van der Waals surface area (Å²) < 4.78 is 5.12. The van der Waals surface area contributed by atoms with Gasteiger partial charge >= 0.3 is 5.97 Å². The molecule has 7 heteroatoms. The minimum Gasteiger partial charge on any atom is -0.481 e. The first-order valence-electron chi connectivity index (χ1n) is 5.76. The van der Waals surface area contributed by atoms with E-state index in [2.05, 4.69) is 15.1 Å². The molecule has 0 unspecified atom stereocenters. The number of hydrogen-bond acceptors (Lipinski definition) is 6. The van der Waals surface area contributed by atoms with E-state index in [0.29, 0.717) is 29.6 Å². The fourth-order valence-electron chi connectivity index (χ4n) is 1.64. The van der Waals surface area contributed by atoms with Crippen LogP contribution >= 0.6 is 0 Å². The van der Waals surface area contributed by atoms with E-state index in [-0.39, 0.29) is 6.42 Å². The molecule has 1 N–H and O–H groups in total. The molecule has 0 fully saturated rings. The monoisotopic (exact) mass is 262 g/mol. The number of pyridine rings is 1. The molecule has 0 saturated heterocycles. The molecule has 2 aromatic rings. The molecular formula is C12H14N4O3. The van der Waals surface area contributed by atoms with Crippen molar-refractivity contribution in [3.63, 3.8) is 0 Å². The Morgan fingerprint density at radius 3 is 2.95 bits per heavy atom. The minimum absolute atomic E-state index is 0.0371. The zero-order chi connectivity index (χ0) is 13.8. The highest BCUT2D eigenvalue weighted by Gasteiger charge is 2.15. The van der Waals surface area contributed by atoms with Crippen LogP contribution < -0.4 is 4.90 Å². The van der Waals surface area contributed by atoms with Gasteiger partial charge in [0, 0.05) is 19.8 Å². The van der Waals surface area contributed by atoms with Gasteiger partial charge in [0.15, 0.2) is 5.82 Å². The molecule has 0 aliphatic heterocycles. The maximum atomic E-state index is 10.6. The molecule has 0 aliphatic carbocycles. The Hall–Kier alpha value is -2.44. The van der Waals surface area contributed by atoms with Crippen LogP contribution in [-0.4, -0.2) is 39.8 Å². The lowest BCUT2D eigenvalue weighted by Gasteiger charge is -2.18. The fourth-order valence-corrected chi connectivity index (χ4v) is 1.64. The second kappa shape index (κ2) is 5.47. The van der Waals surface area contributed by atoms with E-state index < -0.39 is 5.97 Å². The number of rotatable bonds is 5. The van der Waals surface area contributed by atoms with Crippen LogP contribution in [0, 0.1) is 6.92 Å². The van der Waals surface area contributed by atoms with Crippen molar-refractivity contribution in [3.05, 3.63) is 24.2 Å². The quantitative estimate of drug-likeness (QED) is 0.869. The maximum absolute atomic E-state index is 10.6. The third kappa shape index (κ3) is 3.06. The van der Waals surface area contributed by atoms with Gasteiger partial charge < -0.3 is 14.5 Å². The molecule has 2 rings (SSSR count). The molecule has 0 aliphatic rings. The number of carboxylic acids is 1. The Morgan fingerprint density at radius 2 is 2.32 bits per heavy atom. The Balaban J connectivity index is 2.28. The van der Waals surface area contributed by atoms with Crippen molar-refractivity contribution in [2.24, 2.45) is 0 Å². The summed E-state index contributed by atoms with van der Waals surface area (Å²) in [6.07, 6.45) is 1.68. The summed E-state index contributed by atoms with van der Waals surface area (Å²) in [5.41, 5.74) is 0.691. The van der Waals surface area contributed by atoms with Crippen molar-refractivity contribution in [1.29, 1.82) is 0 Å². The average Bonchev–Trinajstić information content (AvgIpc) is 2.82. The topological polar surface area (TPSA) is 92.4 Å². The lowest BCUT2D eigenvalue weighted by molar-refractivity contribution is -0.136. The number of anilines is 1. The first-order valence-corrected chi connectivity index (χ1v) is 5.76. The van der Waals surface area contributed by atoms with Gasteiger partial charge in [0.25, 0.3) is 5.89 Å². The van der Waals surface area contributed by atoms with Crippen molar-refractivity contribution < 1.29 is 14.4 Å². The summed E-state index contributed by atoms with van der Waals surface area (Å²) in [6.45, 7) is 2.09. The summed E-state index contributed by atoms with van der Waals surface area (Å²) in [5, 5.41) is 12.5. The minimum atomic E-state index is -0.849. The summed E-state index contributed by atoms with van der Waals surface area (Å²) in [7, 11) is 1.78. The average molecular weight is 262 g/mol. The van der Waals surface area contributed by atoms with Gasteiger partial charge in [0.05, 0.1) is 12.0 Å². The number of aryl methyl sites for hydroxylation is 1. The number of aliphatic carboxylic acids is 1. The van der Waals surface area contributed by atoms with E-state index in [1.807, 2.05) is 6.07 Å². The molecule has 2 aromatic heterocycles. The molecule has 0 bridgehead atoms. The molecule has 0 aromatic carbocycles. The molecule has 0 spiro atoms. The van der Waals surface area contributed by atoms with Crippen LogP contribution in [0.5, 0.6) is 0 Å². The van der Waals surface area contributed by atoms with Crippen LogP contribution in [0.1, 0.15) is 12.2 Å². The van der Waals surface area contributed by atoms with E-state index in [1.54, 1.807) is 31.1 Å². The predicted molar refractivity (Wildman–Crippen MR) is 67.8 cm³/mol. The normalized spacial score (nSPS) is 10.4. The lowest BCUT2D eigenvalue weighted by Crippen LogP contribution is -2.22. The van der Waals surface area contributed by atoms with Crippen molar-refractivity contribution in [3.8, 4) is 11.5 Å². The maximum Gasteiger partial charge on any atom is 0.305 e. The third-order valence-electron chi connectivity index (χ3n) is 2.57. The number of nitrogens with zero attached hydrogens (tertiary/aromatic N) is 4. The van der Waals surface area contributed by atoms with Crippen molar-refractivity contribution in [2.45, 2.75) is 13.3 Å². The molecule has 0 radical (unpaired) electrons. The largest absolute Gasteiger partial charge is 0.481 e. The van der Waals surface area contributed by atoms with Gasteiger partial charge in [0.1, 0.15) is 5.82 Å². The highest BCUT2D eigenvalue weighted by atomic mass is 16.5. The van der Waals surface area contributed by atoms with Crippen LogP contribution in [0.2, 0.25) is 0 Å². The van der Waals surface area contributed by atoms with Gasteiger partial charge in [-0.3, -0.25) is 4.79 Å². The Bertz CT molecular complexity index is 582. The van der Waals surface area contributed by atoms with E-state index in [9.17, 15) is 4.79 Å². The van der Waals surface area contributed by atoms with Gasteiger partial charge in [-0.2, -0.15) is 4.98 Å². The number of carboxylic acid groups (broad SMARTS) is 1. The molecular weight excluding hydrogens is 248 g/mol. The summed E-state index contributed by atoms with van der Waals surface area (Å²) in [6, 6.07) is 3.58. The molecule has 7 nitrogen and oxygen atoms in total. The highest BCUT2D eigenvalue weighted by molar-refractivity contribution is 5.71. The Morgan fingerprint density at radius 1 is 1.53 bits per heavy atom. The number of aromatic nitrogens is 3. The standard InChI is InChI=1S/C12H14N4O3/c1-8-14-12(19-15-8)9-4-3-6-13-11(9)16(2)7-5-10(17)18/h3-4,6H,5,7H2,1-2H3,(H,17,18). The fraction of sp³-hybridized carbons (Fsp3) is 0.333. The summed E-state index contributed by atoms with van der Waals surface area (Å²) >= 11 is 0. The molecule has 0 amide bonds. The lowest BCUT2D eigenvalue weighted by atomic mass is 10.2. The number of hydrogen-bond donors (Lipinski definition) is 1. The van der Waals surface area contributed by atoms with E-state index in [4.69, 9.17) is 9.63 Å². The predicted octanol–water partition coefficient (Wildman–Crippen LogP) is 1.35. The van der Waals surface area contributed by atoms with Gasteiger partial charge in [-0.15, -0.1) is 0 Å². The van der Waals surface area contributed by atoms with Crippen molar-refractivity contribution >= 4 is 11.8 Å². The van der Waals surface area contributed by atoms with E-state index in [1.165, 1.54) is 0 Å². The van der Waals surface area contributed by atoms with Gasteiger partial charge in [-0.05, 0) is 19.1 Å². The van der Waals surface area contributed by atoms with Gasteiger partial charge in [-0.1, -0.05) is 5.16 Å². The second-order valence-electron chi connectivity index (χ2n) is 4.09. The Labute approximate surface area is 109 Å². The SMILES string of the molecule is Cc1noc(-c2cccnc2N(C)CCC(=O)O)n1. The van der Waals surface area contributed by atoms with E-state index in [0.717, 1.165) is 0 Å². The Kier molecular flexibility index (Phi) is 3.74. The van der Waals surface area contributed by atoms with Crippen LogP contribution in [0.25, 0.3) is 11.5 Å². The first-order chi connectivity index (χ1) is 9.08. The van der Waals surface area contributed by atoms with E-state index >= 15 is 0 Å². The van der Waals surface area contributed by atoms with Crippen molar-refractivity contribution in [2.75, 3.05) is 18.5 Å². The molecule has 19 heavy (non-hydrogen) atoms. The van der Waals surface area contributed by atoms with Crippen LogP contribution in [0.15, 0.2) is 22.9 Å². The molecule has 0 saturated carbocycles. The molecule has 100 valence electrons. The van der Waals surface area contributed by atoms with Crippen molar-refractivity contribution in [1.82, 2.24) is 15.1 Å². The molecule has 2 heterocycles. The number of carbonyl (C=O) groups is 1. The first kappa shape index (κ1) is 13.0. The van der Waals surface area contributed by atoms with Crippen LogP contribution in [-0.2, 0) is 4.79 Å². The smallest absolute Gasteiger partial charge is 0.305 e. The van der Waals surface area contributed by atoms with Gasteiger partial charge in [-0.25, -0.2) is 4.98 Å². The van der Waals surface area contributed by atoms with Gasteiger partial charge in [0.2, 0.25) is 0 Å². The zero-order valence-corrected chi connectivity index (χ0v) is 10.7. The zero-order valence-electron chi connectivity index (χ0n) is 10.7.